The predicted molar refractivity (Wildman–Crippen MR) is 86.7 cm³/mol. The molecule has 3 heterocycles. The summed E-state index contributed by atoms with van der Waals surface area (Å²) in [6.07, 6.45) is 7.13. The molecule has 0 unspecified atom stereocenters. The van der Waals surface area contributed by atoms with Gasteiger partial charge < -0.3 is 0 Å². The summed E-state index contributed by atoms with van der Waals surface area (Å²) in [7, 11) is -3.23. The second-order valence-corrected chi connectivity index (χ2v) is 8.91. The van der Waals surface area contributed by atoms with Gasteiger partial charge in [-0.25, -0.2) is 0 Å². The lowest BCUT2D eigenvalue weighted by Crippen LogP contribution is -2.50. The highest BCUT2D eigenvalue weighted by Crippen LogP contribution is 2.28. The number of hydrogen-bond acceptors (Lipinski definition) is 3. The Labute approximate surface area is 131 Å². The quantitative estimate of drug-likeness (QED) is 0.834. The van der Waals surface area contributed by atoms with E-state index in [4.69, 9.17) is 0 Å². The van der Waals surface area contributed by atoms with Gasteiger partial charge in [-0.15, -0.1) is 11.3 Å². The van der Waals surface area contributed by atoms with Crippen LogP contribution in [0.15, 0.2) is 17.5 Å². The zero-order valence-electron chi connectivity index (χ0n) is 12.4. The van der Waals surface area contributed by atoms with Gasteiger partial charge in [0.1, 0.15) is 0 Å². The van der Waals surface area contributed by atoms with Gasteiger partial charge in [0.15, 0.2) is 0 Å². The molecule has 4 nitrogen and oxygen atoms in total. The lowest BCUT2D eigenvalue weighted by molar-refractivity contribution is 0.226. The first-order valence-corrected chi connectivity index (χ1v) is 10.2. The molecule has 0 saturated carbocycles. The molecule has 2 aliphatic rings. The third kappa shape index (κ3) is 3.50. The molecule has 1 aromatic heterocycles. The van der Waals surface area contributed by atoms with Crippen LogP contribution >= 0.6 is 11.3 Å². The number of rotatable bonds is 5. The topological polar surface area (TPSA) is 40.6 Å². The molecular formula is C15H24N2O2S2. The van der Waals surface area contributed by atoms with Crippen molar-refractivity contribution in [2.45, 2.75) is 51.0 Å². The smallest absolute Gasteiger partial charge is 0.195 e. The van der Waals surface area contributed by atoms with E-state index in [1.165, 1.54) is 4.88 Å². The molecule has 6 heteroatoms. The zero-order chi connectivity index (χ0) is 14.7. The van der Waals surface area contributed by atoms with Gasteiger partial charge in [0, 0.05) is 30.6 Å². The number of hydrogen-bond donors (Lipinski definition) is 0. The third-order valence-electron chi connectivity index (χ3n) is 4.56. The molecule has 3 rings (SSSR count). The van der Waals surface area contributed by atoms with Crippen LogP contribution in [0.25, 0.3) is 0 Å². The van der Waals surface area contributed by atoms with E-state index in [0.29, 0.717) is 19.6 Å². The summed E-state index contributed by atoms with van der Waals surface area (Å²) in [6, 6.07) is 4.40. The zero-order valence-corrected chi connectivity index (χ0v) is 14.0. The summed E-state index contributed by atoms with van der Waals surface area (Å²) >= 11 is 1.77. The Hall–Kier alpha value is -0.430. The largest absolute Gasteiger partial charge is 0.282 e. The first-order valence-electron chi connectivity index (χ1n) is 7.97. The highest BCUT2D eigenvalue weighted by molar-refractivity contribution is 7.86. The molecule has 2 fully saturated rings. The minimum atomic E-state index is -3.23. The Morgan fingerprint density at radius 1 is 1.14 bits per heavy atom. The summed E-state index contributed by atoms with van der Waals surface area (Å²) in [5, 5.41) is 2.09. The summed E-state index contributed by atoms with van der Waals surface area (Å²) in [5.74, 6) is 0. The van der Waals surface area contributed by atoms with Crippen molar-refractivity contribution in [3.63, 3.8) is 0 Å². The Bertz CT molecular complexity index is 536. The van der Waals surface area contributed by atoms with Crippen molar-refractivity contribution in [1.82, 2.24) is 8.61 Å². The number of aryl methyl sites for hydroxylation is 1. The Morgan fingerprint density at radius 2 is 1.90 bits per heavy atom. The fourth-order valence-corrected chi connectivity index (χ4v) is 6.09. The molecule has 2 aliphatic heterocycles. The summed E-state index contributed by atoms with van der Waals surface area (Å²) < 4.78 is 29.1. The van der Waals surface area contributed by atoms with Gasteiger partial charge >= 0.3 is 0 Å². The van der Waals surface area contributed by atoms with Gasteiger partial charge in [0.25, 0.3) is 10.2 Å². The SMILES string of the molecule is O=S(=O)(N1CCCC1)N1CCCC[C@@H]1CCc1cccs1. The minimum Gasteiger partial charge on any atom is -0.195 e. The number of nitrogens with zero attached hydrogens (tertiary/aromatic N) is 2. The average molecular weight is 329 g/mol. The maximum atomic E-state index is 12.8. The van der Waals surface area contributed by atoms with Gasteiger partial charge in [-0.05, 0) is 50.0 Å². The summed E-state index contributed by atoms with van der Waals surface area (Å²) in [4.78, 5) is 1.36. The number of piperidine rings is 1. The van der Waals surface area contributed by atoms with Crippen molar-refractivity contribution >= 4 is 21.5 Å². The predicted octanol–water partition coefficient (Wildman–Crippen LogP) is 2.88. The van der Waals surface area contributed by atoms with Crippen LogP contribution in [0.5, 0.6) is 0 Å². The van der Waals surface area contributed by atoms with Gasteiger partial charge in [-0.2, -0.15) is 17.0 Å². The van der Waals surface area contributed by atoms with E-state index in [0.717, 1.165) is 44.9 Å². The van der Waals surface area contributed by atoms with Gasteiger partial charge in [-0.1, -0.05) is 12.5 Å². The normalized spacial score (nSPS) is 25.4. The average Bonchev–Trinajstić information content (AvgIpc) is 3.18. The van der Waals surface area contributed by atoms with E-state index in [2.05, 4.69) is 17.5 Å². The van der Waals surface area contributed by atoms with Crippen LogP contribution in [0.1, 0.15) is 43.4 Å². The van der Waals surface area contributed by atoms with Crippen molar-refractivity contribution in [2.75, 3.05) is 19.6 Å². The molecule has 1 aromatic rings. The van der Waals surface area contributed by atoms with Crippen molar-refractivity contribution < 1.29 is 8.42 Å². The minimum absolute atomic E-state index is 0.187. The molecule has 0 spiro atoms. The Kier molecular flexibility index (Phi) is 4.99. The molecule has 0 aliphatic carbocycles. The van der Waals surface area contributed by atoms with E-state index in [9.17, 15) is 8.42 Å². The standard InChI is InChI=1S/C15H24N2O2S2/c18-21(19,16-10-3-4-11-16)17-12-2-1-6-14(17)8-9-15-7-5-13-20-15/h5,7,13-14H,1-4,6,8-12H2/t14-/m1/s1. The fourth-order valence-electron chi connectivity index (χ4n) is 3.40. The van der Waals surface area contributed by atoms with E-state index in [1.54, 1.807) is 19.9 Å². The highest BCUT2D eigenvalue weighted by Gasteiger charge is 2.37. The van der Waals surface area contributed by atoms with Crippen molar-refractivity contribution in [2.24, 2.45) is 0 Å². The molecule has 21 heavy (non-hydrogen) atoms. The first kappa shape index (κ1) is 15.5. The van der Waals surface area contributed by atoms with Crippen molar-refractivity contribution in [1.29, 1.82) is 0 Å². The van der Waals surface area contributed by atoms with E-state index in [1.807, 2.05) is 0 Å². The lowest BCUT2D eigenvalue weighted by Gasteiger charge is -2.37. The second-order valence-electron chi connectivity index (χ2n) is 5.99. The van der Waals surface area contributed by atoms with Gasteiger partial charge in [0.05, 0.1) is 0 Å². The molecule has 0 amide bonds. The highest BCUT2D eigenvalue weighted by atomic mass is 32.2. The van der Waals surface area contributed by atoms with E-state index >= 15 is 0 Å². The second kappa shape index (κ2) is 6.77. The molecule has 0 N–H and O–H groups in total. The van der Waals surface area contributed by atoms with Crippen LogP contribution in [-0.4, -0.2) is 42.7 Å². The maximum absolute atomic E-state index is 12.8. The maximum Gasteiger partial charge on any atom is 0.282 e. The molecule has 0 radical (unpaired) electrons. The van der Waals surface area contributed by atoms with Crippen LogP contribution < -0.4 is 0 Å². The summed E-state index contributed by atoms with van der Waals surface area (Å²) in [6.45, 7) is 2.11. The van der Waals surface area contributed by atoms with E-state index < -0.39 is 10.2 Å². The van der Waals surface area contributed by atoms with Crippen LogP contribution in [-0.2, 0) is 16.6 Å². The van der Waals surface area contributed by atoms with Crippen LogP contribution in [0, 0.1) is 0 Å². The lowest BCUT2D eigenvalue weighted by atomic mass is 10.0. The van der Waals surface area contributed by atoms with Gasteiger partial charge in [0.2, 0.25) is 0 Å². The molecule has 118 valence electrons. The van der Waals surface area contributed by atoms with Crippen LogP contribution in [0.4, 0.5) is 0 Å². The first-order chi connectivity index (χ1) is 10.2. The Balaban J connectivity index is 1.68. The third-order valence-corrected chi connectivity index (χ3v) is 7.59. The monoisotopic (exact) mass is 328 g/mol. The summed E-state index contributed by atoms with van der Waals surface area (Å²) in [5.41, 5.74) is 0. The molecule has 0 aromatic carbocycles. The number of thiophene rings is 1. The molecule has 2 saturated heterocycles. The molecule has 1 atom stereocenters. The van der Waals surface area contributed by atoms with Crippen LogP contribution in [0.2, 0.25) is 0 Å². The fraction of sp³-hybridized carbons (Fsp3) is 0.733. The van der Waals surface area contributed by atoms with Crippen LogP contribution in [0.3, 0.4) is 0 Å². The van der Waals surface area contributed by atoms with Crippen molar-refractivity contribution in [3.8, 4) is 0 Å². The Morgan fingerprint density at radius 3 is 2.62 bits per heavy atom. The van der Waals surface area contributed by atoms with E-state index in [-0.39, 0.29) is 6.04 Å². The molecule has 0 bridgehead atoms. The van der Waals surface area contributed by atoms with Crippen molar-refractivity contribution in [3.05, 3.63) is 22.4 Å². The van der Waals surface area contributed by atoms with Gasteiger partial charge in [-0.3, -0.25) is 0 Å². The molecular weight excluding hydrogens is 304 g/mol.